The second kappa shape index (κ2) is 5.37. The van der Waals surface area contributed by atoms with Crippen LogP contribution in [0.2, 0.25) is 0 Å². The third kappa shape index (κ3) is 3.07. The molecule has 0 aliphatic carbocycles. The first kappa shape index (κ1) is 14.7. The van der Waals surface area contributed by atoms with Crippen molar-refractivity contribution in [3.8, 4) is 0 Å². The van der Waals surface area contributed by atoms with Crippen molar-refractivity contribution >= 4 is 37.3 Å². The molecule has 5 nitrogen and oxygen atoms in total. The Morgan fingerprint density at radius 2 is 2.05 bits per heavy atom. The van der Waals surface area contributed by atoms with E-state index in [9.17, 15) is 12.8 Å². The molecule has 1 heterocycles. The second-order valence-corrected chi connectivity index (χ2v) is 6.58. The summed E-state index contributed by atoms with van der Waals surface area (Å²) in [6.45, 7) is 1.50. The minimum absolute atomic E-state index is 0.0701. The van der Waals surface area contributed by atoms with Crippen molar-refractivity contribution in [3.05, 3.63) is 46.4 Å². The van der Waals surface area contributed by atoms with E-state index in [-0.39, 0.29) is 16.1 Å². The minimum atomic E-state index is -3.85. The molecule has 8 heteroatoms. The average molecular weight is 360 g/mol. The van der Waals surface area contributed by atoms with Crippen LogP contribution in [0, 0.1) is 12.7 Å². The Hall–Kier alpha value is -1.67. The summed E-state index contributed by atoms with van der Waals surface area (Å²) in [5, 5.41) is 0. The molecule has 1 aromatic heterocycles. The number of sulfonamides is 1. The largest absolute Gasteiger partial charge is 0.396 e. The van der Waals surface area contributed by atoms with Crippen molar-refractivity contribution in [2.75, 3.05) is 10.5 Å². The van der Waals surface area contributed by atoms with Gasteiger partial charge in [-0.2, -0.15) is 0 Å². The van der Waals surface area contributed by atoms with Crippen molar-refractivity contribution < 1.29 is 12.8 Å². The van der Waals surface area contributed by atoms with Crippen molar-refractivity contribution in [3.63, 3.8) is 0 Å². The van der Waals surface area contributed by atoms with Crippen LogP contribution in [-0.4, -0.2) is 13.4 Å². The highest BCUT2D eigenvalue weighted by Gasteiger charge is 2.19. The van der Waals surface area contributed by atoms with Crippen LogP contribution < -0.4 is 10.5 Å². The summed E-state index contributed by atoms with van der Waals surface area (Å²) < 4.78 is 40.7. The Labute approximate surface area is 124 Å². The summed E-state index contributed by atoms with van der Waals surface area (Å²) in [5.41, 5.74) is 5.77. The molecule has 1 aromatic carbocycles. The van der Waals surface area contributed by atoms with Gasteiger partial charge in [0.25, 0.3) is 10.0 Å². The van der Waals surface area contributed by atoms with Gasteiger partial charge in [-0.25, -0.2) is 17.8 Å². The molecule has 0 unspecified atom stereocenters. The molecule has 0 aliphatic heterocycles. The summed E-state index contributed by atoms with van der Waals surface area (Å²) in [6.07, 6.45) is 1.36. The van der Waals surface area contributed by atoms with E-state index in [1.807, 2.05) is 0 Å². The SMILES string of the molecule is Cc1cc(F)c(N)cc1S(=O)(=O)Nc1ccc(Br)nc1. The fourth-order valence-corrected chi connectivity index (χ4v) is 3.14. The lowest BCUT2D eigenvalue weighted by molar-refractivity contribution is 0.599. The van der Waals surface area contributed by atoms with Gasteiger partial charge in [0.1, 0.15) is 10.4 Å². The molecule has 0 saturated carbocycles. The molecule has 0 saturated heterocycles. The van der Waals surface area contributed by atoms with Gasteiger partial charge >= 0.3 is 0 Å². The van der Waals surface area contributed by atoms with Gasteiger partial charge in [-0.1, -0.05) is 0 Å². The third-order valence-electron chi connectivity index (χ3n) is 2.56. The number of hydrogen-bond acceptors (Lipinski definition) is 4. The summed E-state index contributed by atoms with van der Waals surface area (Å²) in [6, 6.07) is 5.34. The standard InChI is InChI=1S/C12H11BrFN3O2S/c1-7-4-9(14)10(15)5-11(7)20(18,19)17-8-2-3-12(13)16-6-8/h2-6,17H,15H2,1H3. The van der Waals surface area contributed by atoms with E-state index in [2.05, 4.69) is 25.6 Å². The molecule has 0 atom stereocenters. The number of nitrogen functional groups attached to an aromatic ring is 1. The number of pyridine rings is 1. The number of halogens is 2. The number of aromatic nitrogens is 1. The molecule has 0 radical (unpaired) electrons. The van der Waals surface area contributed by atoms with E-state index in [0.717, 1.165) is 12.1 Å². The predicted octanol–water partition coefficient (Wildman–Crippen LogP) is 2.67. The molecule has 3 N–H and O–H groups in total. The van der Waals surface area contributed by atoms with Gasteiger partial charge in [-0.3, -0.25) is 4.72 Å². The number of benzene rings is 1. The molecular weight excluding hydrogens is 349 g/mol. The molecule has 2 rings (SSSR count). The molecular formula is C12H11BrFN3O2S. The Balaban J connectivity index is 2.40. The van der Waals surface area contributed by atoms with Gasteiger partial charge in [0.05, 0.1) is 22.5 Å². The summed E-state index contributed by atoms with van der Waals surface area (Å²) >= 11 is 3.15. The van der Waals surface area contributed by atoms with Crippen molar-refractivity contribution in [1.82, 2.24) is 4.98 Å². The monoisotopic (exact) mass is 359 g/mol. The van der Waals surface area contributed by atoms with Crippen molar-refractivity contribution in [2.24, 2.45) is 0 Å². The third-order valence-corrected chi connectivity index (χ3v) is 4.56. The molecule has 106 valence electrons. The molecule has 0 aliphatic rings. The van der Waals surface area contributed by atoms with Gasteiger partial charge in [-0.15, -0.1) is 0 Å². The van der Waals surface area contributed by atoms with Gasteiger partial charge in [-0.05, 0) is 52.7 Å². The smallest absolute Gasteiger partial charge is 0.262 e. The van der Waals surface area contributed by atoms with Crippen LogP contribution in [0.25, 0.3) is 0 Å². The summed E-state index contributed by atoms with van der Waals surface area (Å²) in [4.78, 5) is 3.85. The Morgan fingerprint density at radius 1 is 1.35 bits per heavy atom. The molecule has 0 amide bonds. The summed E-state index contributed by atoms with van der Waals surface area (Å²) in [7, 11) is -3.85. The first-order valence-electron chi connectivity index (χ1n) is 5.49. The van der Waals surface area contributed by atoms with Crippen LogP contribution in [0.3, 0.4) is 0 Å². The fourth-order valence-electron chi connectivity index (χ4n) is 1.60. The van der Waals surface area contributed by atoms with Crippen LogP contribution in [0.5, 0.6) is 0 Å². The summed E-state index contributed by atoms with van der Waals surface area (Å²) in [5.74, 6) is -0.647. The number of aryl methyl sites for hydroxylation is 1. The van der Waals surface area contributed by atoms with E-state index < -0.39 is 15.8 Å². The van der Waals surface area contributed by atoms with E-state index in [4.69, 9.17) is 5.73 Å². The van der Waals surface area contributed by atoms with Crippen LogP contribution in [0.15, 0.2) is 40.0 Å². The van der Waals surface area contributed by atoms with Gasteiger partial charge in [0, 0.05) is 0 Å². The zero-order valence-electron chi connectivity index (χ0n) is 10.4. The van der Waals surface area contributed by atoms with E-state index in [1.165, 1.54) is 13.1 Å². The van der Waals surface area contributed by atoms with E-state index in [0.29, 0.717) is 10.3 Å². The quantitative estimate of drug-likeness (QED) is 0.651. The Kier molecular flexibility index (Phi) is 3.96. The minimum Gasteiger partial charge on any atom is -0.396 e. The maximum absolute atomic E-state index is 13.3. The maximum atomic E-state index is 13.3. The lowest BCUT2D eigenvalue weighted by Gasteiger charge is -2.11. The first-order chi connectivity index (χ1) is 9.29. The van der Waals surface area contributed by atoms with E-state index >= 15 is 0 Å². The number of anilines is 2. The molecule has 0 spiro atoms. The fraction of sp³-hybridized carbons (Fsp3) is 0.0833. The van der Waals surface area contributed by atoms with Crippen LogP contribution in [0.4, 0.5) is 15.8 Å². The number of nitrogens with zero attached hydrogens (tertiary/aromatic N) is 1. The topological polar surface area (TPSA) is 85.1 Å². The average Bonchev–Trinajstić information content (AvgIpc) is 2.36. The molecule has 0 fully saturated rings. The van der Waals surface area contributed by atoms with E-state index in [1.54, 1.807) is 12.1 Å². The lowest BCUT2D eigenvalue weighted by atomic mass is 10.2. The number of rotatable bonds is 3. The van der Waals surface area contributed by atoms with Gasteiger partial charge in [0.2, 0.25) is 0 Å². The van der Waals surface area contributed by atoms with Crippen LogP contribution in [0.1, 0.15) is 5.56 Å². The predicted molar refractivity (Wildman–Crippen MR) is 78.3 cm³/mol. The molecule has 2 aromatic rings. The van der Waals surface area contributed by atoms with Crippen molar-refractivity contribution in [1.29, 1.82) is 0 Å². The van der Waals surface area contributed by atoms with Gasteiger partial charge in [0.15, 0.2) is 0 Å². The Morgan fingerprint density at radius 3 is 2.65 bits per heavy atom. The number of hydrogen-bond donors (Lipinski definition) is 2. The molecule has 20 heavy (non-hydrogen) atoms. The van der Waals surface area contributed by atoms with Crippen molar-refractivity contribution in [2.45, 2.75) is 11.8 Å². The highest BCUT2D eigenvalue weighted by Crippen LogP contribution is 2.24. The highest BCUT2D eigenvalue weighted by atomic mass is 79.9. The maximum Gasteiger partial charge on any atom is 0.262 e. The normalized spacial score (nSPS) is 11.3. The second-order valence-electron chi connectivity index (χ2n) is 4.11. The lowest BCUT2D eigenvalue weighted by Crippen LogP contribution is -2.15. The first-order valence-corrected chi connectivity index (χ1v) is 7.77. The number of nitrogens with two attached hydrogens (primary N) is 1. The molecule has 0 bridgehead atoms. The zero-order chi connectivity index (χ0) is 14.9. The van der Waals surface area contributed by atoms with Crippen LogP contribution in [-0.2, 0) is 10.0 Å². The van der Waals surface area contributed by atoms with Gasteiger partial charge < -0.3 is 5.73 Å². The zero-order valence-corrected chi connectivity index (χ0v) is 12.8. The number of nitrogens with one attached hydrogen (secondary N) is 1. The Bertz CT molecular complexity index is 748. The highest BCUT2D eigenvalue weighted by molar-refractivity contribution is 9.10. The van der Waals surface area contributed by atoms with Crippen LogP contribution >= 0.6 is 15.9 Å².